The average molecular weight is 268 g/mol. The number of nitrogens with one attached hydrogen (secondary N) is 1. The van der Waals surface area contributed by atoms with Gasteiger partial charge in [-0.2, -0.15) is 0 Å². The molecule has 0 radical (unpaired) electrons. The van der Waals surface area contributed by atoms with Crippen LogP contribution in [0.3, 0.4) is 0 Å². The normalized spacial score (nSPS) is 29.1. The number of rotatable bonds is 0. The van der Waals surface area contributed by atoms with Crippen LogP contribution in [0.5, 0.6) is 0 Å². The van der Waals surface area contributed by atoms with Crippen LogP contribution in [-0.2, 0) is 4.74 Å². The molecule has 4 heteroatoms. The van der Waals surface area contributed by atoms with Gasteiger partial charge in [0.05, 0.1) is 0 Å². The molecular weight excluding hydrogens is 240 g/mol. The van der Waals surface area contributed by atoms with E-state index < -0.39 is 5.60 Å². The second-order valence-corrected chi connectivity index (χ2v) is 7.14. The molecule has 1 unspecified atom stereocenters. The molecule has 0 aliphatic carbocycles. The molecule has 2 heterocycles. The average Bonchev–Trinajstić information content (AvgIpc) is 2.53. The molecule has 2 aliphatic rings. The molecule has 4 nitrogen and oxygen atoms in total. The van der Waals surface area contributed by atoms with E-state index in [-0.39, 0.29) is 11.5 Å². The maximum atomic E-state index is 12.2. The Bertz CT molecular complexity index is 315. The van der Waals surface area contributed by atoms with Crippen molar-refractivity contribution < 1.29 is 9.53 Å². The first kappa shape index (κ1) is 14.6. The number of ether oxygens (including phenoxy) is 1. The minimum Gasteiger partial charge on any atom is -0.444 e. The van der Waals surface area contributed by atoms with Crippen LogP contribution >= 0.6 is 0 Å². The maximum absolute atomic E-state index is 12.2. The van der Waals surface area contributed by atoms with E-state index in [0.29, 0.717) is 0 Å². The zero-order valence-corrected chi connectivity index (χ0v) is 12.6. The lowest BCUT2D eigenvalue weighted by molar-refractivity contribution is 0.00333. The Morgan fingerprint density at radius 1 is 1.21 bits per heavy atom. The number of carbonyl (C=O) groups excluding carboxylic acids is 1. The lowest BCUT2D eigenvalue weighted by Crippen LogP contribution is -2.50. The Morgan fingerprint density at radius 3 is 2.68 bits per heavy atom. The van der Waals surface area contributed by atoms with E-state index >= 15 is 0 Å². The summed E-state index contributed by atoms with van der Waals surface area (Å²) in [5, 5.41) is 3.54. The molecule has 2 saturated heterocycles. The van der Waals surface area contributed by atoms with E-state index in [9.17, 15) is 4.79 Å². The highest BCUT2D eigenvalue weighted by atomic mass is 16.6. The van der Waals surface area contributed by atoms with Gasteiger partial charge in [-0.05, 0) is 53.0 Å². The topological polar surface area (TPSA) is 41.6 Å². The SMILES string of the molecule is CC(C)(C)OC(=O)N1CCCC2(CCCCNC2)C1. The molecule has 0 bridgehead atoms. The van der Waals surface area contributed by atoms with E-state index in [0.717, 1.165) is 32.6 Å². The van der Waals surface area contributed by atoms with Crippen molar-refractivity contribution in [2.24, 2.45) is 5.41 Å². The Labute approximate surface area is 116 Å². The largest absolute Gasteiger partial charge is 0.444 e. The molecule has 1 N–H and O–H groups in total. The van der Waals surface area contributed by atoms with Crippen LogP contribution in [0.25, 0.3) is 0 Å². The smallest absolute Gasteiger partial charge is 0.410 e. The van der Waals surface area contributed by atoms with Gasteiger partial charge in [0.25, 0.3) is 0 Å². The van der Waals surface area contributed by atoms with Gasteiger partial charge in [0.2, 0.25) is 0 Å². The van der Waals surface area contributed by atoms with Crippen molar-refractivity contribution in [3.63, 3.8) is 0 Å². The molecule has 1 amide bonds. The van der Waals surface area contributed by atoms with Crippen molar-refractivity contribution in [2.75, 3.05) is 26.2 Å². The molecule has 2 fully saturated rings. The highest BCUT2D eigenvalue weighted by molar-refractivity contribution is 5.68. The summed E-state index contributed by atoms with van der Waals surface area (Å²) in [6.07, 6.45) is 5.96. The van der Waals surface area contributed by atoms with Crippen molar-refractivity contribution in [3.05, 3.63) is 0 Å². The molecule has 110 valence electrons. The van der Waals surface area contributed by atoms with Crippen LogP contribution in [0, 0.1) is 5.41 Å². The van der Waals surface area contributed by atoms with Crippen molar-refractivity contribution >= 4 is 6.09 Å². The van der Waals surface area contributed by atoms with Crippen molar-refractivity contribution in [1.82, 2.24) is 10.2 Å². The summed E-state index contributed by atoms with van der Waals surface area (Å²) >= 11 is 0. The van der Waals surface area contributed by atoms with Gasteiger partial charge in [-0.15, -0.1) is 0 Å². The predicted molar refractivity (Wildman–Crippen MR) is 76.2 cm³/mol. The Balaban J connectivity index is 1.98. The van der Waals surface area contributed by atoms with Crippen LogP contribution in [0.1, 0.15) is 52.9 Å². The van der Waals surface area contributed by atoms with E-state index in [1.54, 1.807) is 0 Å². The van der Waals surface area contributed by atoms with Gasteiger partial charge in [-0.1, -0.05) is 6.42 Å². The van der Waals surface area contributed by atoms with Gasteiger partial charge in [0, 0.05) is 25.0 Å². The van der Waals surface area contributed by atoms with Gasteiger partial charge in [-0.25, -0.2) is 4.79 Å². The van der Waals surface area contributed by atoms with Crippen LogP contribution < -0.4 is 5.32 Å². The molecule has 19 heavy (non-hydrogen) atoms. The Morgan fingerprint density at radius 2 is 1.95 bits per heavy atom. The Hall–Kier alpha value is -0.770. The number of amides is 1. The highest BCUT2D eigenvalue weighted by Gasteiger charge is 2.38. The second kappa shape index (κ2) is 5.70. The van der Waals surface area contributed by atoms with E-state index in [1.807, 2.05) is 25.7 Å². The fourth-order valence-corrected chi connectivity index (χ4v) is 3.23. The molecule has 0 aromatic rings. The number of hydrogen-bond acceptors (Lipinski definition) is 3. The first-order valence-corrected chi connectivity index (χ1v) is 7.59. The van der Waals surface area contributed by atoms with Crippen LogP contribution in [0.4, 0.5) is 4.79 Å². The number of hydrogen-bond donors (Lipinski definition) is 1. The summed E-state index contributed by atoms with van der Waals surface area (Å²) in [4.78, 5) is 14.1. The van der Waals surface area contributed by atoms with Gasteiger partial charge in [0.15, 0.2) is 0 Å². The molecule has 0 aromatic heterocycles. The lowest BCUT2D eigenvalue weighted by Gasteiger charge is -2.42. The summed E-state index contributed by atoms with van der Waals surface area (Å²) in [6.45, 7) is 9.65. The molecule has 0 aromatic carbocycles. The van der Waals surface area contributed by atoms with E-state index in [4.69, 9.17) is 4.74 Å². The second-order valence-electron chi connectivity index (χ2n) is 7.14. The fraction of sp³-hybridized carbons (Fsp3) is 0.933. The quantitative estimate of drug-likeness (QED) is 0.734. The third-order valence-corrected chi connectivity index (χ3v) is 4.12. The van der Waals surface area contributed by atoms with Gasteiger partial charge in [-0.3, -0.25) is 0 Å². The fourth-order valence-electron chi connectivity index (χ4n) is 3.23. The van der Waals surface area contributed by atoms with Gasteiger partial charge < -0.3 is 15.0 Å². The highest BCUT2D eigenvalue weighted by Crippen LogP contribution is 2.36. The van der Waals surface area contributed by atoms with Crippen molar-refractivity contribution in [2.45, 2.75) is 58.5 Å². The zero-order valence-electron chi connectivity index (χ0n) is 12.6. The molecular formula is C15H28N2O2. The standard InChI is InChI=1S/C15H28N2O2/c1-14(2,3)19-13(18)17-10-6-8-15(12-17)7-4-5-9-16-11-15/h16H,4-12H2,1-3H3. The van der Waals surface area contributed by atoms with E-state index in [1.165, 1.54) is 25.7 Å². The molecule has 2 rings (SSSR count). The minimum atomic E-state index is -0.399. The van der Waals surface area contributed by atoms with Crippen molar-refractivity contribution in [1.29, 1.82) is 0 Å². The maximum Gasteiger partial charge on any atom is 0.410 e. The third kappa shape index (κ3) is 4.10. The Kier molecular flexibility index (Phi) is 4.39. The molecule has 1 atom stereocenters. The van der Waals surface area contributed by atoms with Crippen LogP contribution in [-0.4, -0.2) is 42.8 Å². The van der Waals surface area contributed by atoms with Gasteiger partial charge >= 0.3 is 6.09 Å². The summed E-state index contributed by atoms with van der Waals surface area (Å²) in [5.74, 6) is 0. The number of nitrogens with zero attached hydrogens (tertiary/aromatic N) is 1. The molecule has 0 saturated carbocycles. The monoisotopic (exact) mass is 268 g/mol. The number of carbonyl (C=O) groups is 1. The van der Waals surface area contributed by atoms with Gasteiger partial charge in [0.1, 0.15) is 5.60 Å². The van der Waals surface area contributed by atoms with Crippen molar-refractivity contribution in [3.8, 4) is 0 Å². The molecule has 2 aliphatic heterocycles. The van der Waals surface area contributed by atoms with E-state index in [2.05, 4.69) is 5.32 Å². The minimum absolute atomic E-state index is 0.143. The van der Waals surface area contributed by atoms with Crippen LogP contribution in [0.15, 0.2) is 0 Å². The summed E-state index contributed by atoms with van der Waals surface area (Å²) in [5.41, 5.74) is -0.116. The third-order valence-electron chi connectivity index (χ3n) is 4.12. The lowest BCUT2D eigenvalue weighted by atomic mass is 9.76. The summed E-state index contributed by atoms with van der Waals surface area (Å²) in [6, 6.07) is 0. The van der Waals surface area contributed by atoms with Crippen LogP contribution in [0.2, 0.25) is 0 Å². The predicted octanol–water partition coefficient (Wildman–Crippen LogP) is 2.78. The summed E-state index contributed by atoms with van der Waals surface area (Å²) in [7, 11) is 0. The number of likely N-dealkylation sites (tertiary alicyclic amines) is 1. The molecule has 1 spiro atoms. The first-order chi connectivity index (χ1) is 8.90. The summed E-state index contributed by atoms with van der Waals surface area (Å²) < 4.78 is 5.51. The number of piperidine rings is 1. The zero-order chi connectivity index (χ0) is 13.9. The first-order valence-electron chi connectivity index (χ1n) is 7.59.